The van der Waals surface area contributed by atoms with Crippen LogP contribution in [0.4, 0.5) is 4.39 Å². The number of hydrogen-bond donors (Lipinski definition) is 0. The minimum Gasteiger partial charge on any atom is -0.253 e. The molecular weight excluding hydrogens is 201 g/mol. The summed E-state index contributed by atoms with van der Waals surface area (Å²) in [4.78, 5) is 4.56. The topological polar surface area (TPSA) is 12.9 Å². The first kappa shape index (κ1) is 11.1. The third kappa shape index (κ3) is 1.92. The van der Waals surface area contributed by atoms with Crippen LogP contribution in [0.1, 0.15) is 37.9 Å². The van der Waals surface area contributed by atoms with Crippen LogP contribution in [0, 0.1) is 5.82 Å². The molecule has 0 unspecified atom stereocenters. The van der Waals surface area contributed by atoms with Gasteiger partial charge in [-0.1, -0.05) is 20.8 Å². The number of aromatic nitrogens is 1. The number of pyridine rings is 1. The summed E-state index contributed by atoms with van der Waals surface area (Å²) in [5, 5.41) is 0.937. The van der Waals surface area contributed by atoms with Gasteiger partial charge in [0.25, 0.3) is 0 Å². The minimum atomic E-state index is -0.193. The summed E-state index contributed by atoms with van der Waals surface area (Å²) in [6.45, 7) is 6.33. The molecule has 1 heterocycles. The average Bonchev–Trinajstić information content (AvgIpc) is 2.27. The molecule has 1 nitrogen and oxygen atoms in total. The summed E-state index contributed by atoms with van der Waals surface area (Å²) in [5.41, 5.74) is 3.15. The lowest BCUT2D eigenvalue weighted by atomic mass is 10.0. The zero-order chi connectivity index (χ0) is 11.7. The van der Waals surface area contributed by atoms with E-state index in [-0.39, 0.29) is 5.82 Å². The summed E-state index contributed by atoms with van der Waals surface area (Å²) in [6.07, 6.45) is 0.905. The Labute approximate surface area is 95.3 Å². The van der Waals surface area contributed by atoms with Crippen molar-refractivity contribution in [1.82, 2.24) is 4.98 Å². The number of aryl methyl sites for hydroxylation is 1. The fraction of sp³-hybridized carbons (Fsp3) is 0.357. The third-order valence-corrected chi connectivity index (χ3v) is 2.85. The Bertz CT molecular complexity index is 517. The summed E-state index contributed by atoms with van der Waals surface area (Å²) >= 11 is 0. The average molecular weight is 217 g/mol. The first-order chi connectivity index (χ1) is 7.61. The van der Waals surface area contributed by atoms with E-state index in [0.717, 1.165) is 23.0 Å². The van der Waals surface area contributed by atoms with Gasteiger partial charge in [0.2, 0.25) is 0 Å². The largest absolute Gasteiger partial charge is 0.253 e. The standard InChI is InChI=1S/C14H16FN/c1-4-10-7-14(9(2)3)16-13-6-5-11(15)8-12(10)13/h5-9H,4H2,1-3H3. The monoisotopic (exact) mass is 217 g/mol. The Morgan fingerprint density at radius 1 is 1.25 bits per heavy atom. The Hall–Kier alpha value is -1.44. The van der Waals surface area contributed by atoms with Gasteiger partial charge >= 0.3 is 0 Å². The van der Waals surface area contributed by atoms with Crippen LogP contribution in [0.15, 0.2) is 24.3 Å². The molecule has 0 aliphatic rings. The summed E-state index contributed by atoms with van der Waals surface area (Å²) < 4.78 is 13.2. The van der Waals surface area contributed by atoms with Crippen molar-refractivity contribution in [3.63, 3.8) is 0 Å². The van der Waals surface area contributed by atoms with E-state index in [1.165, 1.54) is 11.6 Å². The van der Waals surface area contributed by atoms with Gasteiger partial charge in [-0.15, -0.1) is 0 Å². The molecule has 0 atom stereocenters. The molecule has 84 valence electrons. The molecule has 0 aliphatic heterocycles. The Kier molecular flexibility index (Phi) is 2.90. The second-order valence-electron chi connectivity index (χ2n) is 4.38. The van der Waals surface area contributed by atoms with E-state index in [9.17, 15) is 4.39 Å². The summed E-state index contributed by atoms with van der Waals surface area (Å²) in [6, 6.07) is 6.90. The van der Waals surface area contributed by atoms with E-state index >= 15 is 0 Å². The molecule has 2 aromatic rings. The summed E-state index contributed by atoms with van der Waals surface area (Å²) in [5.74, 6) is 0.209. The molecule has 0 bridgehead atoms. The van der Waals surface area contributed by atoms with Crippen molar-refractivity contribution in [3.05, 3.63) is 41.3 Å². The lowest BCUT2D eigenvalue weighted by molar-refractivity contribution is 0.629. The van der Waals surface area contributed by atoms with E-state index in [4.69, 9.17) is 0 Å². The van der Waals surface area contributed by atoms with Gasteiger partial charge in [0.05, 0.1) is 5.52 Å². The van der Waals surface area contributed by atoms with Crippen molar-refractivity contribution >= 4 is 10.9 Å². The zero-order valence-electron chi connectivity index (χ0n) is 9.92. The van der Waals surface area contributed by atoms with Crippen molar-refractivity contribution < 1.29 is 4.39 Å². The summed E-state index contributed by atoms with van der Waals surface area (Å²) in [7, 11) is 0. The van der Waals surface area contributed by atoms with Gasteiger partial charge in [-0.25, -0.2) is 4.39 Å². The van der Waals surface area contributed by atoms with Crippen LogP contribution < -0.4 is 0 Å². The molecule has 0 radical (unpaired) electrons. The van der Waals surface area contributed by atoms with E-state index < -0.39 is 0 Å². The molecule has 0 saturated carbocycles. The quantitative estimate of drug-likeness (QED) is 0.739. The van der Waals surface area contributed by atoms with Gasteiger partial charge in [0.15, 0.2) is 0 Å². The molecule has 2 rings (SSSR count). The number of halogens is 1. The minimum absolute atomic E-state index is 0.193. The SMILES string of the molecule is CCc1cc(C(C)C)nc2ccc(F)cc12. The van der Waals surface area contributed by atoms with Crippen LogP contribution >= 0.6 is 0 Å². The highest BCUT2D eigenvalue weighted by Crippen LogP contribution is 2.23. The second-order valence-corrected chi connectivity index (χ2v) is 4.38. The maximum atomic E-state index is 13.2. The van der Waals surface area contributed by atoms with Crippen molar-refractivity contribution in [1.29, 1.82) is 0 Å². The van der Waals surface area contributed by atoms with Crippen LogP contribution in [0.3, 0.4) is 0 Å². The molecule has 1 aromatic carbocycles. The molecule has 0 fully saturated rings. The predicted molar refractivity (Wildman–Crippen MR) is 65.2 cm³/mol. The van der Waals surface area contributed by atoms with Crippen LogP contribution in [-0.2, 0) is 6.42 Å². The van der Waals surface area contributed by atoms with Crippen molar-refractivity contribution in [2.75, 3.05) is 0 Å². The third-order valence-electron chi connectivity index (χ3n) is 2.85. The maximum Gasteiger partial charge on any atom is 0.123 e. The van der Waals surface area contributed by atoms with Gasteiger partial charge < -0.3 is 0 Å². The zero-order valence-corrected chi connectivity index (χ0v) is 9.92. The number of benzene rings is 1. The second kappa shape index (κ2) is 4.20. The molecule has 0 saturated heterocycles. The molecule has 16 heavy (non-hydrogen) atoms. The van der Waals surface area contributed by atoms with Gasteiger partial charge in [0.1, 0.15) is 5.82 Å². The number of rotatable bonds is 2. The van der Waals surface area contributed by atoms with Crippen molar-refractivity contribution in [3.8, 4) is 0 Å². The smallest absolute Gasteiger partial charge is 0.123 e. The Morgan fingerprint density at radius 3 is 2.62 bits per heavy atom. The van der Waals surface area contributed by atoms with Crippen LogP contribution in [-0.4, -0.2) is 4.98 Å². The first-order valence-corrected chi connectivity index (χ1v) is 5.71. The van der Waals surface area contributed by atoms with Gasteiger partial charge in [-0.2, -0.15) is 0 Å². The highest BCUT2D eigenvalue weighted by Gasteiger charge is 2.08. The molecule has 0 aliphatic carbocycles. The number of hydrogen-bond acceptors (Lipinski definition) is 1. The van der Waals surface area contributed by atoms with Gasteiger partial charge in [-0.3, -0.25) is 4.98 Å². The highest BCUT2D eigenvalue weighted by molar-refractivity contribution is 5.82. The van der Waals surface area contributed by atoms with E-state index in [1.807, 2.05) is 0 Å². The van der Waals surface area contributed by atoms with Crippen LogP contribution in [0.5, 0.6) is 0 Å². The van der Waals surface area contributed by atoms with Crippen LogP contribution in [0.2, 0.25) is 0 Å². The molecule has 0 spiro atoms. The normalized spacial score (nSPS) is 11.3. The first-order valence-electron chi connectivity index (χ1n) is 5.71. The van der Waals surface area contributed by atoms with E-state index in [2.05, 4.69) is 31.8 Å². The number of nitrogens with zero attached hydrogens (tertiary/aromatic N) is 1. The predicted octanol–water partition coefficient (Wildman–Crippen LogP) is 4.06. The molecular formula is C14H16FN. The molecule has 0 amide bonds. The highest BCUT2D eigenvalue weighted by atomic mass is 19.1. The van der Waals surface area contributed by atoms with Gasteiger partial charge in [-0.05, 0) is 42.2 Å². The number of fused-ring (bicyclic) bond motifs is 1. The molecule has 0 N–H and O–H groups in total. The Balaban J connectivity index is 2.73. The van der Waals surface area contributed by atoms with Crippen LogP contribution in [0.25, 0.3) is 10.9 Å². The van der Waals surface area contributed by atoms with Crippen molar-refractivity contribution in [2.24, 2.45) is 0 Å². The lowest BCUT2D eigenvalue weighted by Gasteiger charge is -2.10. The van der Waals surface area contributed by atoms with Gasteiger partial charge in [0, 0.05) is 11.1 Å². The fourth-order valence-electron chi connectivity index (χ4n) is 1.88. The van der Waals surface area contributed by atoms with E-state index in [0.29, 0.717) is 5.92 Å². The van der Waals surface area contributed by atoms with Crippen molar-refractivity contribution in [2.45, 2.75) is 33.1 Å². The fourth-order valence-corrected chi connectivity index (χ4v) is 1.88. The molecule has 1 aromatic heterocycles. The molecule has 2 heteroatoms. The van der Waals surface area contributed by atoms with E-state index in [1.54, 1.807) is 12.1 Å². The maximum absolute atomic E-state index is 13.2. The Morgan fingerprint density at radius 2 is 2.00 bits per heavy atom. The lowest BCUT2D eigenvalue weighted by Crippen LogP contribution is -1.97.